The van der Waals surface area contributed by atoms with Gasteiger partial charge in [0.1, 0.15) is 5.82 Å². The van der Waals surface area contributed by atoms with Gasteiger partial charge in [-0.3, -0.25) is 0 Å². The Kier molecular flexibility index (Phi) is 4.66. The second kappa shape index (κ2) is 6.25. The third-order valence-electron chi connectivity index (χ3n) is 3.57. The molecule has 0 aromatic carbocycles. The monoisotopic (exact) mass is 248 g/mol. The molecule has 4 nitrogen and oxygen atoms in total. The minimum atomic E-state index is 0.571. The van der Waals surface area contributed by atoms with Crippen molar-refractivity contribution in [1.29, 1.82) is 0 Å². The van der Waals surface area contributed by atoms with Gasteiger partial charge < -0.3 is 10.6 Å². The molecular weight excluding hydrogens is 224 g/mol. The number of likely N-dealkylation sites (tertiary alicyclic amines) is 1. The van der Waals surface area contributed by atoms with Gasteiger partial charge in [-0.25, -0.2) is 9.97 Å². The number of nitrogens with zero attached hydrogens (tertiary/aromatic N) is 3. The molecule has 1 aliphatic rings. The van der Waals surface area contributed by atoms with E-state index in [1.54, 1.807) is 0 Å². The van der Waals surface area contributed by atoms with Gasteiger partial charge in [-0.2, -0.15) is 0 Å². The van der Waals surface area contributed by atoms with E-state index in [1.807, 2.05) is 0 Å². The van der Waals surface area contributed by atoms with Gasteiger partial charge in [-0.15, -0.1) is 0 Å². The normalized spacial score (nSPS) is 21.2. The Labute approximate surface area is 110 Å². The van der Waals surface area contributed by atoms with E-state index in [4.69, 9.17) is 10.7 Å². The van der Waals surface area contributed by atoms with E-state index in [-0.39, 0.29) is 0 Å². The predicted octanol–water partition coefficient (Wildman–Crippen LogP) is 1.49. The molecule has 1 saturated heterocycles. The fourth-order valence-corrected chi connectivity index (χ4v) is 2.65. The summed E-state index contributed by atoms with van der Waals surface area (Å²) in [5, 5.41) is 0. The molecule has 100 valence electrons. The summed E-state index contributed by atoms with van der Waals surface area (Å²) in [6.45, 7) is 5.09. The number of aryl methyl sites for hydroxylation is 2. The molecule has 4 heteroatoms. The first kappa shape index (κ1) is 13.4. The van der Waals surface area contributed by atoms with Crippen molar-refractivity contribution < 1.29 is 0 Å². The van der Waals surface area contributed by atoms with Crippen LogP contribution in [0.1, 0.15) is 42.4 Å². The van der Waals surface area contributed by atoms with E-state index in [9.17, 15) is 0 Å². The van der Waals surface area contributed by atoms with Crippen molar-refractivity contribution in [3.8, 4) is 0 Å². The first-order chi connectivity index (χ1) is 8.69. The Hall–Kier alpha value is -1.00. The molecule has 1 unspecified atom stereocenters. The van der Waals surface area contributed by atoms with E-state index < -0.39 is 0 Å². The maximum absolute atomic E-state index is 5.55. The topological polar surface area (TPSA) is 55.0 Å². The molecule has 1 atom stereocenters. The molecule has 1 aromatic heterocycles. The number of piperidine rings is 1. The lowest BCUT2D eigenvalue weighted by molar-refractivity contribution is 0.248. The summed E-state index contributed by atoms with van der Waals surface area (Å²) >= 11 is 0. The van der Waals surface area contributed by atoms with Crippen LogP contribution in [0.2, 0.25) is 0 Å². The van der Waals surface area contributed by atoms with Crippen LogP contribution in [0, 0.1) is 6.92 Å². The van der Waals surface area contributed by atoms with E-state index in [2.05, 4.69) is 29.9 Å². The highest BCUT2D eigenvalue weighted by atomic mass is 15.1. The standard InChI is InChI=1S/C14H24N4/c1-11-9-13(12-5-4-8-18(2)10-12)17-14(16-11)6-3-7-15/h9,12H,3-8,10,15H2,1-2H3. The van der Waals surface area contributed by atoms with Crippen LogP contribution in [0.15, 0.2) is 6.07 Å². The summed E-state index contributed by atoms with van der Waals surface area (Å²) in [5.41, 5.74) is 7.86. The zero-order valence-electron chi connectivity index (χ0n) is 11.5. The lowest BCUT2D eigenvalue weighted by atomic mass is 9.94. The van der Waals surface area contributed by atoms with Gasteiger partial charge >= 0.3 is 0 Å². The van der Waals surface area contributed by atoms with Gasteiger partial charge in [0, 0.05) is 30.3 Å². The van der Waals surface area contributed by atoms with Crippen LogP contribution in [0.5, 0.6) is 0 Å². The molecule has 0 bridgehead atoms. The summed E-state index contributed by atoms with van der Waals surface area (Å²) in [6.07, 6.45) is 4.38. The van der Waals surface area contributed by atoms with Crippen LogP contribution < -0.4 is 5.73 Å². The maximum atomic E-state index is 5.55. The van der Waals surface area contributed by atoms with Gasteiger partial charge in [0.05, 0.1) is 0 Å². The first-order valence-electron chi connectivity index (χ1n) is 6.92. The Morgan fingerprint density at radius 1 is 1.44 bits per heavy atom. The second-order valence-electron chi connectivity index (χ2n) is 5.34. The third kappa shape index (κ3) is 3.50. The third-order valence-corrected chi connectivity index (χ3v) is 3.57. The molecule has 0 radical (unpaired) electrons. The van der Waals surface area contributed by atoms with Gasteiger partial charge in [-0.05, 0) is 52.4 Å². The molecular formula is C14H24N4. The fraction of sp³-hybridized carbons (Fsp3) is 0.714. The van der Waals surface area contributed by atoms with Crippen molar-refractivity contribution >= 4 is 0 Å². The van der Waals surface area contributed by atoms with Crippen LogP contribution in [0.25, 0.3) is 0 Å². The minimum absolute atomic E-state index is 0.571. The summed E-state index contributed by atoms with van der Waals surface area (Å²) in [6, 6.07) is 2.15. The van der Waals surface area contributed by atoms with Gasteiger partial charge in [-0.1, -0.05) is 0 Å². The number of nitrogens with two attached hydrogens (primary N) is 1. The number of hydrogen-bond acceptors (Lipinski definition) is 4. The molecule has 0 saturated carbocycles. The Morgan fingerprint density at radius 3 is 3.00 bits per heavy atom. The maximum Gasteiger partial charge on any atom is 0.128 e. The molecule has 0 spiro atoms. The van der Waals surface area contributed by atoms with Crippen molar-refractivity contribution in [3.63, 3.8) is 0 Å². The predicted molar refractivity (Wildman–Crippen MR) is 73.6 cm³/mol. The van der Waals surface area contributed by atoms with Crippen molar-refractivity contribution in [2.75, 3.05) is 26.7 Å². The molecule has 0 amide bonds. The van der Waals surface area contributed by atoms with Crippen LogP contribution in [-0.2, 0) is 6.42 Å². The highest BCUT2D eigenvalue weighted by Gasteiger charge is 2.20. The average molecular weight is 248 g/mol. The van der Waals surface area contributed by atoms with Crippen LogP contribution in [0.3, 0.4) is 0 Å². The second-order valence-corrected chi connectivity index (χ2v) is 5.34. The quantitative estimate of drug-likeness (QED) is 0.877. The molecule has 1 aromatic rings. The SMILES string of the molecule is Cc1cc(C2CCCN(C)C2)nc(CCCN)n1. The molecule has 1 fully saturated rings. The Morgan fingerprint density at radius 2 is 2.28 bits per heavy atom. The zero-order chi connectivity index (χ0) is 13.0. The van der Waals surface area contributed by atoms with Crippen molar-refractivity contribution in [2.45, 2.75) is 38.5 Å². The number of aromatic nitrogens is 2. The lowest BCUT2D eigenvalue weighted by Gasteiger charge is -2.29. The van der Waals surface area contributed by atoms with E-state index >= 15 is 0 Å². The highest BCUT2D eigenvalue weighted by molar-refractivity contribution is 5.15. The van der Waals surface area contributed by atoms with E-state index in [0.29, 0.717) is 12.5 Å². The van der Waals surface area contributed by atoms with Crippen molar-refractivity contribution in [1.82, 2.24) is 14.9 Å². The molecule has 18 heavy (non-hydrogen) atoms. The van der Waals surface area contributed by atoms with E-state index in [0.717, 1.165) is 30.9 Å². The summed E-state index contributed by atoms with van der Waals surface area (Å²) in [7, 11) is 2.19. The first-order valence-corrected chi connectivity index (χ1v) is 6.92. The number of rotatable bonds is 4. The van der Waals surface area contributed by atoms with Crippen molar-refractivity contribution in [2.24, 2.45) is 5.73 Å². The molecule has 0 aliphatic carbocycles. The smallest absolute Gasteiger partial charge is 0.128 e. The average Bonchev–Trinajstić information content (AvgIpc) is 2.36. The summed E-state index contributed by atoms with van der Waals surface area (Å²) in [4.78, 5) is 11.6. The molecule has 2 N–H and O–H groups in total. The molecule has 2 heterocycles. The van der Waals surface area contributed by atoms with Gasteiger partial charge in [0.25, 0.3) is 0 Å². The fourth-order valence-electron chi connectivity index (χ4n) is 2.65. The molecule has 2 rings (SSSR count). The highest BCUT2D eigenvalue weighted by Crippen LogP contribution is 2.25. The van der Waals surface area contributed by atoms with Crippen LogP contribution >= 0.6 is 0 Å². The largest absolute Gasteiger partial charge is 0.330 e. The van der Waals surface area contributed by atoms with Crippen LogP contribution in [0.4, 0.5) is 0 Å². The number of hydrogen-bond donors (Lipinski definition) is 1. The number of likely N-dealkylation sites (N-methyl/N-ethyl adjacent to an activating group) is 1. The summed E-state index contributed by atoms with van der Waals surface area (Å²) < 4.78 is 0. The lowest BCUT2D eigenvalue weighted by Crippen LogP contribution is -2.31. The van der Waals surface area contributed by atoms with Gasteiger partial charge in [0.15, 0.2) is 0 Å². The van der Waals surface area contributed by atoms with E-state index in [1.165, 1.54) is 25.1 Å². The zero-order valence-corrected chi connectivity index (χ0v) is 11.5. The Balaban J connectivity index is 2.13. The summed E-state index contributed by atoms with van der Waals surface area (Å²) in [5.74, 6) is 1.53. The van der Waals surface area contributed by atoms with Gasteiger partial charge in [0.2, 0.25) is 0 Å². The molecule has 1 aliphatic heterocycles. The van der Waals surface area contributed by atoms with Crippen molar-refractivity contribution in [3.05, 3.63) is 23.3 Å². The Bertz CT molecular complexity index is 391. The van der Waals surface area contributed by atoms with Crippen LogP contribution in [-0.4, -0.2) is 41.5 Å². The minimum Gasteiger partial charge on any atom is -0.330 e.